The summed E-state index contributed by atoms with van der Waals surface area (Å²) in [4.78, 5) is 27.5. The van der Waals surface area contributed by atoms with E-state index in [0.717, 1.165) is 6.07 Å². The summed E-state index contributed by atoms with van der Waals surface area (Å²) in [6.07, 6.45) is 1.27. The molecule has 1 aliphatic heterocycles. The third-order valence-corrected chi connectivity index (χ3v) is 8.77. The van der Waals surface area contributed by atoms with Gasteiger partial charge < -0.3 is 9.47 Å². The molecule has 0 N–H and O–H groups in total. The molecule has 0 spiro atoms. The number of anilines is 1. The van der Waals surface area contributed by atoms with Gasteiger partial charge in [-0.3, -0.25) is 14.5 Å². The number of fused-ring (bicyclic) bond motifs is 1. The Morgan fingerprint density at radius 3 is 2.17 bits per heavy atom. The van der Waals surface area contributed by atoms with Crippen LogP contribution in [0.5, 0.6) is 11.5 Å². The van der Waals surface area contributed by atoms with Crippen molar-refractivity contribution in [1.82, 2.24) is 4.90 Å². The molecule has 2 aromatic carbocycles. The number of methoxy groups -OCH3 is 1. The molecule has 194 valence electrons. The molecule has 0 radical (unpaired) electrons. The molecule has 0 fully saturated rings. The number of hydrogen-bond donors (Lipinski definition) is 0. The van der Waals surface area contributed by atoms with Crippen LogP contribution in [0.4, 0.5) is 5.69 Å². The summed E-state index contributed by atoms with van der Waals surface area (Å²) < 4.78 is 83.4. The number of rotatable bonds is 9. The van der Waals surface area contributed by atoms with Gasteiger partial charge in [-0.1, -0.05) is 12.1 Å². The van der Waals surface area contributed by atoms with Crippen molar-refractivity contribution in [3.05, 3.63) is 53.1 Å². The van der Waals surface area contributed by atoms with Crippen LogP contribution in [0.15, 0.2) is 36.4 Å². The number of imide groups is 1. The van der Waals surface area contributed by atoms with E-state index in [1.807, 2.05) is 0 Å². The second-order valence-electron chi connectivity index (χ2n) is 7.59. The lowest BCUT2D eigenvalue weighted by Crippen LogP contribution is -2.37. The minimum atomic E-state index is -4.44. The van der Waals surface area contributed by atoms with Gasteiger partial charge in [0.1, 0.15) is 0 Å². The lowest BCUT2D eigenvalue weighted by atomic mass is 10.1. The molecule has 2 aromatic rings. The van der Waals surface area contributed by atoms with E-state index in [-0.39, 0.29) is 27.2 Å². The summed E-state index contributed by atoms with van der Waals surface area (Å²) in [5.41, 5.74) is -1.16. The zero-order valence-corrected chi connectivity index (χ0v) is 22.0. The minimum absolute atomic E-state index is 0.0541. The lowest BCUT2D eigenvalue weighted by molar-refractivity contribution is 0.0628. The van der Waals surface area contributed by atoms with Gasteiger partial charge in [0.05, 0.1) is 54.5 Å². The van der Waals surface area contributed by atoms with E-state index in [0.29, 0.717) is 28.5 Å². The van der Waals surface area contributed by atoms with E-state index in [1.54, 1.807) is 6.92 Å². The van der Waals surface area contributed by atoms with Crippen LogP contribution in [-0.4, -0.2) is 73.6 Å². The number of carbonyl (C=O) groups is 2. The van der Waals surface area contributed by atoms with Crippen LogP contribution in [-0.2, 0) is 30.3 Å². The Kier molecular flexibility index (Phi) is 7.48. The number of nitrogens with zero attached hydrogens (tertiary/aromatic N) is 2. The van der Waals surface area contributed by atoms with E-state index in [4.69, 9.17) is 9.47 Å². The number of benzene rings is 2. The van der Waals surface area contributed by atoms with Crippen molar-refractivity contribution in [2.75, 3.05) is 29.9 Å². The van der Waals surface area contributed by atoms with Crippen molar-refractivity contribution < 1.29 is 44.3 Å². The van der Waals surface area contributed by atoms with E-state index in [9.17, 15) is 34.8 Å². The predicted octanol–water partition coefficient (Wildman–Crippen LogP) is 0.838. The van der Waals surface area contributed by atoms with Gasteiger partial charge in [0.15, 0.2) is 11.5 Å². The Bertz CT molecular complexity index is 1560. The molecule has 0 saturated carbocycles. The highest BCUT2D eigenvalue weighted by Crippen LogP contribution is 2.39. The fourth-order valence-corrected chi connectivity index (χ4v) is 7.31. The molecule has 12 nitrogen and oxygen atoms in total. The molecular weight excluding hydrogens is 536 g/mol. The second-order valence-corrected chi connectivity index (χ2v) is 12.3. The maximum absolute atomic E-state index is 13.5. The van der Waals surface area contributed by atoms with Gasteiger partial charge in [0.25, 0.3) is 11.8 Å². The molecular formula is C21H22N2O10S3. The number of sulfonamides is 2. The highest BCUT2D eigenvalue weighted by Gasteiger charge is 2.44. The maximum atomic E-state index is 13.5. The molecule has 1 heterocycles. The second kappa shape index (κ2) is 9.91. The zero-order chi connectivity index (χ0) is 27.0. The van der Waals surface area contributed by atoms with Crippen LogP contribution in [0.3, 0.4) is 0 Å². The van der Waals surface area contributed by atoms with Crippen molar-refractivity contribution in [3.8, 4) is 11.5 Å². The molecule has 1 unspecified atom stereocenters. The molecule has 3 rings (SSSR count). The molecule has 0 aromatic heterocycles. The quantitative estimate of drug-likeness (QED) is 0.318. The SMILES string of the molecule is CCOc1cc(C(C=S(=O)=O)N2C(=O)c3cccc(N(S(C)(=O)=O)S(C)(=O)=O)c3C2=O)ccc1OC. The van der Waals surface area contributed by atoms with Crippen molar-refractivity contribution in [2.24, 2.45) is 0 Å². The summed E-state index contributed by atoms with van der Waals surface area (Å²) in [5, 5.41) is 0.712. The summed E-state index contributed by atoms with van der Waals surface area (Å²) in [7, 11) is -10.3. The Hall–Kier alpha value is -3.43. The van der Waals surface area contributed by atoms with E-state index >= 15 is 0 Å². The van der Waals surface area contributed by atoms with Crippen LogP contribution < -0.4 is 13.2 Å². The maximum Gasteiger partial charge on any atom is 0.264 e. The molecule has 1 atom stereocenters. The molecule has 0 aliphatic carbocycles. The standard InChI is InChI=1S/C21H22N2O10S3/c1-5-33-18-11-13(9-10-17(18)32-2)16(12-34(26)27)22-20(24)14-7-6-8-15(19(14)21(22)25)23(35(3,28)29)36(4,30)31/h6-12,16H,5H2,1-4H3. The van der Waals surface area contributed by atoms with Gasteiger partial charge in [0.2, 0.25) is 30.3 Å². The van der Waals surface area contributed by atoms with E-state index < -0.39 is 59.4 Å². The van der Waals surface area contributed by atoms with Crippen LogP contribution >= 0.6 is 0 Å². The summed E-state index contributed by atoms with van der Waals surface area (Å²) in [6, 6.07) is 6.34. The van der Waals surface area contributed by atoms with Crippen molar-refractivity contribution >= 4 is 53.2 Å². The van der Waals surface area contributed by atoms with Gasteiger partial charge in [-0.05, 0) is 36.8 Å². The molecule has 15 heteroatoms. The number of amides is 2. The summed E-state index contributed by atoms with van der Waals surface area (Å²) in [6.45, 7) is 1.95. The molecule has 0 saturated heterocycles. The fraction of sp³-hybridized carbons (Fsp3) is 0.286. The van der Waals surface area contributed by atoms with Gasteiger partial charge >= 0.3 is 0 Å². The van der Waals surface area contributed by atoms with E-state index in [2.05, 4.69) is 0 Å². The predicted molar refractivity (Wildman–Crippen MR) is 131 cm³/mol. The first-order valence-electron chi connectivity index (χ1n) is 10.2. The third kappa shape index (κ3) is 5.08. The van der Waals surface area contributed by atoms with Gasteiger partial charge in [-0.15, -0.1) is 0 Å². The van der Waals surface area contributed by atoms with Crippen molar-refractivity contribution in [3.63, 3.8) is 0 Å². The molecule has 2 amide bonds. The Morgan fingerprint density at radius 2 is 1.64 bits per heavy atom. The monoisotopic (exact) mass is 558 g/mol. The summed E-state index contributed by atoms with van der Waals surface area (Å²) in [5.74, 6) is -1.47. The normalized spacial score (nSPS) is 14.3. The van der Waals surface area contributed by atoms with Crippen LogP contribution in [0.25, 0.3) is 0 Å². The molecule has 0 bridgehead atoms. The average molecular weight is 559 g/mol. The zero-order valence-electron chi connectivity index (χ0n) is 19.5. The number of ether oxygens (including phenoxy) is 2. The average Bonchev–Trinajstić information content (AvgIpc) is 3.01. The van der Waals surface area contributed by atoms with Crippen molar-refractivity contribution in [1.29, 1.82) is 0 Å². The van der Waals surface area contributed by atoms with Crippen molar-refractivity contribution in [2.45, 2.75) is 13.0 Å². The van der Waals surface area contributed by atoms with Gasteiger partial charge in [-0.2, -0.15) is 12.1 Å². The Labute approximate surface area is 209 Å². The first kappa shape index (κ1) is 27.2. The Morgan fingerprint density at radius 1 is 1.00 bits per heavy atom. The highest BCUT2D eigenvalue weighted by molar-refractivity contribution is 8.09. The number of hydrogen-bond acceptors (Lipinski definition) is 10. The first-order chi connectivity index (χ1) is 16.7. The van der Waals surface area contributed by atoms with Crippen LogP contribution in [0, 0.1) is 0 Å². The molecule has 36 heavy (non-hydrogen) atoms. The van der Waals surface area contributed by atoms with Gasteiger partial charge in [-0.25, -0.2) is 16.8 Å². The lowest BCUT2D eigenvalue weighted by Gasteiger charge is -2.24. The Balaban J connectivity index is 2.25. The molecule has 1 aliphatic rings. The summed E-state index contributed by atoms with van der Waals surface area (Å²) >= 11 is 0. The smallest absolute Gasteiger partial charge is 0.264 e. The topological polar surface area (TPSA) is 161 Å². The van der Waals surface area contributed by atoms with Crippen LogP contribution in [0.1, 0.15) is 39.2 Å². The van der Waals surface area contributed by atoms with Crippen LogP contribution in [0.2, 0.25) is 0 Å². The third-order valence-electron chi connectivity index (χ3n) is 5.07. The largest absolute Gasteiger partial charge is 0.493 e. The van der Waals surface area contributed by atoms with E-state index in [1.165, 1.54) is 37.4 Å². The minimum Gasteiger partial charge on any atom is -0.493 e. The number of carbonyl (C=O) groups excluding carboxylic acids is 2. The highest BCUT2D eigenvalue weighted by atomic mass is 32.3. The fourth-order valence-electron chi connectivity index (χ4n) is 3.83. The van der Waals surface area contributed by atoms with Gasteiger partial charge in [0, 0.05) is 0 Å². The first-order valence-corrected chi connectivity index (χ1v) is 15.0.